The van der Waals surface area contributed by atoms with Crippen molar-refractivity contribution in [3.63, 3.8) is 0 Å². The number of aliphatic hydroxyl groups is 1. The Morgan fingerprint density at radius 2 is 1.41 bits per heavy atom. The Bertz CT molecular complexity index is 1220. The van der Waals surface area contributed by atoms with Gasteiger partial charge in [-0.2, -0.15) is 0 Å². The first kappa shape index (κ1) is 23.1. The first-order valence-electron chi connectivity index (χ1n) is 9.99. The molecule has 2 aromatic carbocycles. The molecule has 0 aliphatic carbocycles. The number of rotatable bonds is 5. The third-order valence-corrected chi connectivity index (χ3v) is 5.56. The highest BCUT2D eigenvalue weighted by atomic mass is 19.1. The predicted octanol–water partition coefficient (Wildman–Crippen LogP) is 4.46. The lowest BCUT2D eigenvalue weighted by atomic mass is 10.1. The number of amides is 2. The van der Waals surface area contributed by atoms with Crippen LogP contribution in [-0.4, -0.2) is 21.5 Å². The van der Waals surface area contributed by atoms with Crippen LogP contribution in [-0.2, 0) is 11.8 Å². The highest BCUT2D eigenvalue weighted by Gasteiger charge is 2.29. The summed E-state index contributed by atoms with van der Waals surface area (Å²) >= 11 is 0. The van der Waals surface area contributed by atoms with Crippen molar-refractivity contribution in [2.24, 2.45) is 7.05 Å². The highest BCUT2D eigenvalue weighted by molar-refractivity contribution is 6.07. The number of halogens is 2. The number of hydrogen-bond acceptors (Lipinski definition) is 3. The predicted molar refractivity (Wildman–Crippen MR) is 119 cm³/mol. The van der Waals surface area contributed by atoms with Gasteiger partial charge >= 0.3 is 0 Å². The van der Waals surface area contributed by atoms with Crippen molar-refractivity contribution in [3.8, 4) is 0 Å². The highest BCUT2D eigenvalue weighted by Crippen LogP contribution is 2.28. The van der Waals surface area contributed by atoms with Crippen LogP contribution in [0.5, 0.6) is 0 Å². The molecule has 32 heavy (non-hydrogen) atoms. The number of nitrogens with one attached hydrogen (secondary N) is 2. The minimum atomic E-state index is -1.56. The molecule has 1 unspecified atom stereocenters. The fourth-order valence-corrected chi connectivity index (χ4v) is 3.70. The number of hydrogen-bond donors (Lipinski definition) is 3. The number of aliphatic hydroxyl groups excluding tert-OH is 1. The van der Waals surface area contributed by atoms with Gasteiger partial charge in [-0.05, 0) is 80.8 Å². The van der Waals surface area contributed by atoms with Crippen LogP contribution in [0.15, 0.2) is 36.4 Å². The molecule has 0 fully saturated rings. The number of aromatic nitrogens is 1. The van der Waals surface area contributed by atoms with Gasteiger partial charge in [0.05, 0.1) is 11.3 Å². The molecular formula is C24H25F2N3O3. The smallest absolute Gasteiger partial charge is 0.259 e. The lowest BCUT2D eigenvalue weighted by Crippen LogP contribution is -2.23. The summed E-state index contributed by atoms with van der Waals surface area (Å²) in [5.74, 6) is -1.91. The maximum Gasteiger partial charge on any atom is 0.259 e. The molecule has 0 aliphatic heterocycles. The quantitative estimate of drug-likeness (QED) is 0.547. The molecule has 1 atom stereocenters. The van der Waals surface area contributed by atoms with E-state index in [2.05, 4.69) is 10.6 Å². The van der Waals surface area contributed by atoms with Crippen molar-refractivity contribution in [2.45, 2.75) is 33.8 Å². The van der Waals surface area contributed by atoms with E-state index in [4.69, 9.17) is 0 Å². The van der Waals surface area contributed by atoms with Gasteiger partial charge < -0.3 is 20.3 Å². The standard InChI is InChI=1S/C24H25F2N3O3/c1-12-10-16(6-8-18(12)25)27-23(31)20-14(3)21(29(5)15(20)4)22(30)24(32)28-17-7-9-19(26)13(2)11-17/h6-11,22,30H,1-5H3,(H,27,31)(H,28,32). The number of carbonyl (C=O) groups is 2. The Balaban J connectivity index is 1.87. The minimum Gasteiger partial charge on any atom is -0.377 e. The van der Waals surface area contributed by atoms with Gasteiger partial charge in [-0.1, -0.05) is 0 Å². The topological polar surface area (TPSA) is 83.4 Å². The van der Waals surface area contributed by atoms with Crippen LogP contribution in [0.2, 0.25) is 0 Å². The molecular weight excluding hydrogens is 416 g/mol. The Morgan fingerprint density at radius 1 is 0.906 bits per heavy atom. The molecule has 3 aromatic rings. The van der Waals surface area contributed by atoms with E-state index in [1.165, 1.54) is 36.4 Å². The van der Waals surface area contributed by atoms with Crippen LogP contribution < -0.4 is 10.6 Å². The van der Waals surface area contributed by atoms with Crippen LogP contribution in [0, 0.1) is 39.3 Å². The summed E-state index contributed by atoms with van der Waals surface area (Å²) in [6.45, 7) is 6.51. The first-order chi connectivity index (χ1) is 15.0. The van der Waals surface area contributed by atoms with E-state index in [1.807, 2.05) is 0 Å². The van der Waals surface area contributed by atoms with E-state index in [-0.39, 0.29) is 11.5 Å². The van der Waals surface area contributed by atoms with Crippen molar-refractivity contribution in [1.82, 2.24) is 4.57 Å². The minimum absolute atomic E-state index is 0.263. The Hall–Kier alpha value is -3.52. The van der Waals surface area contributed by atoms with Crippen LogP contribution in [0.25, 0.3) is 0 Å². The van der Waals surface area contributed by atoms with Crippen molar-refractivity contribution >= 4 is 23.2 Å². The summed E-state index contributed by atoms with van der Waals surface area (Å²) in [5.41, 5.74) is 3.11. The molecule has 3 rings (SSSR count). The number of aryl methyl sites for hydroxylation is 2. The van der Waals surface area contributed by atoms with Gasteiger partial charge in [-0.3, -0.25) is 9.59 Å². The van der Waals surface area contributed by atoms with E-state index >= 15 is 0 Å². The Morgan fingerprint density at radius 3 is 1.91 bits per heavy atom. The molecule has 168 valence electrons. The molecule has 3 N–H and O–H groups in total. The zero-order valence-corrected chi connectivity index (χ0v) is 18.5. The lowest BCUT2D eigenvalue weighted by Gasteiger charge is -2.15. The lowest BCUT2D eigenvalue weighted by molar-refractivity contribution is -0.124. The molecule has 6 nitrogen and oxygen atoms in total. The number of carbonyl (C=O) groups excluding carboxylic acids is 2. The molecule has 0 spiro atoms. The second-order valence-electron chi connectivity index (χ2n) is 7.80. The van der Waals surface area contributed by atoms with Gasteiger partial charge in [0.2, 0.25) is 0 Å². The second-order valence-corrected chi connectivity index (χ2v) is 7.80. The molecule has 0 saturated heterocycles. The van der Waals surface area contributed by atoms with Crippen molar-refractivity contribution < 1.29 is 23.5 Å². The zero-order valence-electron chi connectivity index (χ0n) is 18.5. The summed E-state index contributed by atoms with van der Waals surface area (Å²) in [4.78, 5) is 25.6. The second kappa shape index (κ2) is 8.92. The van der Waals surface area contributed by atoms with E-state index < -0.39 is 23.7 Å². The molecule has 1 heterocycles. The third-order valence-electron chi connectivity index (χ3n) is 5.56. The zero-order chi connectivity index (χ0) is 23.7. The molecule has 0 aliphatic rings. The maximum atomic E-state index is 13.5. The number of anilines is 2. The van der Waals surface area contributed by atoms with Crippen molar-refractivity contribution in [1.29, 1.82) is 0 Å². The van der Waals surface area contributed by atoms with Crippen molar-refractivity contribution in [3.05, 3.63) is 81.7 Å². The average molecular weight is 441 g/mol. The fraction of sp³-hybridized carbons (Fsp3) is 0.250. The third kappa shape index (κ3) is 4.40. The molecule has 0 bridgehead atoms. The van der Waals surface area contributed by atoms with E-state index in [9.17, 15) is 23.5 Å². The van der Waals surface area contributed by atoms with Gasteiger partial charge in [0.1, 0.15) is 11.6 Å². The SMILES string of the molecule is Cc1cc(NC(=O)c2c(C)c(C(O)C(=O)Nc3ccc(F)c(C)c3)n(C)c2C)ccc1F. The molecule has 8 heteroatoms. The normalized spacial score (nSPS) is 11.9. The first-order valence-corrected chi connectivity index (χ1v) is 9.99. The van der Waals surface area contributed by atoms with E-state index in [0.717, 1.165) is 0 Å². The van der Waals surface area contributed by atoms with Gasteiger partial charge in [0, 0.05) is 24.1 Å². The van der Waals surface area contributed by atoms with Crippen LogP contribution in [0.4, 0.5) is 20.2 Å². The number of nitrogens with zero attached hydrogens (tertiary/aromatic N) is 1. The summed E-state index contributed by atoms with van der Waals surface area (Å²) in [6, 6.07) is 8.35. The largest absolute Gasteiger partial charge is 0.377 e. The molecule has 2 amide bonds. The summed E-state index contributed by atoms with van der Waals surface area (Å²) < 4.78 is 28.6. The van der Waals surface area contributed by atoms with E-state index in [1.54, 1.807) is 39.3 Å². The van der Waals surface area contributed by atoms with Gasteiger partial charge in [-0.25, -0.2) is 8.78 Å². The summed E-state index contributed by atoms with van der Waals surface area (Å²) in [5, 5.41) is 16.0. The summed E-state index contributed by atoms with van der Waals surface area (Å²) in [7, 11) is 1.65. The Labute approximate surface area is 184 Å². The monoisotopic (exact) mass is 441 g/mol. The van der Waals surface area contributed by atoms with Crippen LogP contribution >= 0.6 is 0 Å². The van der Waals surface area contributed by atoms with Crippen LogP contribution in [0.3, 0.4) is 0 Å². The molecule has 0 saturated carbocycles. The van der Waals surface area contributed by atoms with Crippen molar-refractivity contribution in [2.75, 3.05) is 10.6 Å². The van der Waals surface area contributed by atoms with E-state index in [0.29, 0.717) is 39.3 Å². The molecule has 0 radical (unpaired) electrons. The maximum absolute atomic E-state index is 13.5. The van der Waals surface area contributed by atoms with Gasteiger partial charge in [0.15, 0.2) is 6.10 Å². The van der Waals surface area contributed by atoms with Gasteiger partial charge in [0.25, 0.3) is 11.8 Å². The van der Waals surface area contributed by atoms with Gasteiger partial charge in [-0.15, -0.1) is 0 Å². The number of benzene rings is 2. The summed E-state index contributed by atoms with van der Waals surface area (Å²) in [6.07, 6.45) is -1.56. The average Bonchev–Trinajstić information content (AvgIpc) is 2.95. The fourth-order valence-electron chi connectivity index (χ4n) is 3.70. The van der Waals surface area contributed by atoms with Crippen LogP contribution in [0.1, 0.15) is 44.5 Å². The molecule has 1 aromatic heterocycles. The Kier molecular flexibility index (Phi) is 6.45.